The maximum atomic E-state index is 13.4. The monoisotopic (exact) mass is 573 g/mol. The number of fused-ring (bicyclic) bond motifs is 1. The van der Waals surface area contributed by atoms with Gasteiger partial charge >= 0.3 is 0 Å². The van der Waals surface area contributed by atoms with Gasteiger partial charge < -0.3 is 30.1 Å². The summed E-state index contributed by atoms with van der Waals surface area (Å²) in [5, 5.41) is 10.1. The number of aryl methyl sites for hydroxylation is 3. The summed E-state index contributed by atoms with van der Waals surface area (Å²) < 4.78 is 11.3. The highest BCUT2D eigenvalue weighted by atomic mass is 16.5. The number of hydrogen-bond donors (Lipinski definition) is 3. The number of nitrogens with two attached hydrogens (primary N) is 1. The maximum absolute atomic E-state index is 13.4. The normalized spacial score (nSPS) is 13.2. The molecule has 1 aliphatic rings. The summed E-state index contributed by atoms with van der Waals surface area (Å²) in [6, 6.07) is 22.3. The third-order valence-corrected chi connectivity index (χ3v) is 7.85. The van der Waals surface area contributed by atoms with Gasteiger partial charge in [-0.05, 0) is 79.4 Å². The Bertz CT molecular complexity index is 1870. The fraction of sp³-hybridized carbons (Fsp3) is 0.206. The van der Waals surface area contributed by atoms with Crippen molar-refractivity contribution in [3.8, 4) is 17.6 Å². The molecule has 6 rings (SSSR count). The lowest BCUT2D eigenvalue weighted by Gasteiger charge is -2.26. The molecule has 0 aliphatic carbocycles. The van der Waals surface area contributed by atoms with Gasteiger partial charge in [-0.3, -0.25) is 9.59 Å². The van der Waals surface area contributed by atoms with Crippen LogP contribution in [0, 0.1) is 18.3 Å². The molecule has 1 fully saturated rings. The van der Waals surface area contributed by atoms with Gasteiger partial charge in [0, 0.05) is 41.4 Å². The number of anilines is 1. The molecule has 1 aliphatic heterocycles. The number of nitrogens with zero attached hydrogens (tertiary/aromatic N) is 2. The molecule has 0 bridgehead atoms. The highest BCUT2D eigenvalue weighted by Crippen LogP contribution is 2.28. The van der Waals surface area contributed by atoms with E-state index in [4.69, 9.17) is 15.2 Å². The van der Waals surface area contributed by atoms with Gasteiger partial charge in [0.05, 0.1) is 35.7 Å². The minimum atomic E-state index is -0.215. The Labute approximate surface area is 248 Å². The van der Waals surface area contributed by atoms with Crippen LogP contribution in [0.4, 0.5) is 5.69 Å². The van der Waals surface area contributed by atoms with Crippen LogP contribution < -0.4 is 10.5 Å². The smallest absolute Gasteiger partial charge is 0.254 e. The SMILES string of the molecule is Cc1cc(Oc2ccccc2C#N)ccc1CCc1[nH]cc(C(=O)c2cc3cc(C(=O)N4CCOCC4)ccc3[nH]2)c1N. The average Bonchev–Trinajstić information content (AvgIpc) is 3.63. The van der Waals surface area contributed by atoms with Crippen molar-refractivity contribution >= 4 is 28.3 Å². The van der Waals surface area contributed by atoms with Crippen molar-refractivity contribution in [3.05, 3.63) is 112 Å². The van der Waals surface area contributed by atoms with E-state index >= 15 is 0 Å². The number of ketones is 1. The van der Waals surface area contributed by atoms with E-state index in [1.54, 1.807) is 41.4 Å². The first-order chi connectivity index (χ1) is 20.9. The second kappa shape index (κ2) is 11.9. The zero-order valence-electron chi connectivity index (χ0n) is 23.8. The number of benzene rings is 3. The molecule has 0 spiro atoms. The molecular weight excluding hydrogens is 542 g/mol. The Balaban J connectivity index is 1.13. The van der Waals surface area contributed by atoms with Crippen LogP contribution in [-0.4, -0.2) is 52.9 Å². The molecule has 0 radical (unpaired) electrons. The predicted molar refractivity (Wildman–Crippen MR) is 163 cm³/mol. The Morgan fingerprint density at radius 1 is 1.05 bits per heavy atom. The third kappa shape index (κ3) is 5.73. The largest absolute Gasteiger partial charge is 0.456 e. The van der Waals surface area contributed by atoms with Crippen molar-refractivity contribution in [2.24, 2.45) is 0 Å². The lowest BCUT2D eigenvalue weighted by atomic mass is 10.0. The van der Waals surface area contributed by atoms with E-state index in [0.717, 1.165) is 27.7 Å². The van der Waals surface area contributed by atoms with Crippen molar-refractivity contribution in [1.29, 1.82) is 5.26 Å². The number of amides is 1. The van der Waals surface area contributed by atoms with Gasteiger partial charge in [-0.15, -0.1) is 0 Å². The van der Waals surface area contributed by atoms with E-state index in [1.165, 1.54) is 0 Å². The molecule has 9 heteroatoms. The second-order valence-corrected chi connectivity index (χ2v) is 10.6. The Kier molecular flexibility index (Phi) is 7.69. The van der Waals surface area contributed by atoms with Crippen LogP contribution in [0.1, 0.15) is 48.8 Å². The zero-order valence-corrected chi connectivity index (χ0v) is 23.8. The number of para-hydroxylation sites is 1. The van der Waals surface area contributed by atoms with E-state index < -0.39 is 0 Å². The fourth-order valence-electron chi connectivity index (χ4n) is 5.40. The van der Waals surface area contributed by atoms with Crippen LogP contribution in [0.25, 0.3) is 10.9 Å². The molecule has 3 heterocycles. The molecule has 43 heavy (non-hydrogen) atoms. The van der Waals surface area contributed by atoms with Crippen LogP contribution in [0.5, 0.6) is 11.5 Å². The number of H-pyrrole nitrogens is 2. The number of aromatic amines is 2. The van der Waals surface area contributed by atoms with E-state index in [0.29, 0.717) is 78.7 Å². The molecule has 9 nitrogen and oxygen atoms in total. The average molecular weight is 574 g/mol. The van der Waals surface area contributed by atoms with Gasteiger partial charge in [0.15, 0.2) is 0 Å². The number of carbonyl (C=O) groups is 2. The first kappa shape index (κ1) is 27.8. The topological polar surface area (TPSA) is 137 Å². The molecule has 5 aromatic rings. The molecule has 2 aromatic heterocycles. The number of aromatic nitrogens is 2. The van der Waals surface area contributed by atoms with E-state index in [-0.39, 0.29) is 11.7 Å². The summed E-state index contributed by atoms with van der Waals surface area (Å²) in [4.78, 5) is 34.5. The molecular formula is C34H31N5O4. The molecule has 3 aromatic carbocycles. The first-order valence-electron chi connectivity index (χ1n) is 14.2. The highest BCUT2D eigenvalue weighted by Gasteiger charge is 2.21. The van der Waals surface area contributed by atoms with Gasteiger partial charge in [-0.25, -0.2) is 0 Å². The van der Waals surface area contributed by atoms with E-state index in [2.05, 4.69) is 16.0 Å². The lowest BCUT2D eigenvalue weighted by molar-refractivity contribution is 0.0303. The minimum absolute atomic E-state index is 0.0412. The Hall–Kier alpha value is -5.33. The Morgan fingerprint density at radius 2 is 1.86 bits per heavy atom. The molecule has 0 unspecified atom stereocenters. The van der Waals surface area contributed by atoms with E-state index in [9.17, 15) is 14.9 Å². The minimum Gasteiger partial charge on any atom is -0.456 e. The number of hydrogen-bond acceptors (Lipinski definition) is 6. The number of rotatable bonds is 8. The Morgan fingerprint density at radius 3 is 2.65 bits per heavy atom. The van der Waals surface area contributed by atoms with Crippen molar-refractivity contribution in [3.63, 3.8) is 0 Å². The van der Waals surface area contributed by atoms with Crippen LogP contribution in [0.15, 0.2) is 72.9 Å². The third-order valence-electron chi connectivity index (χ3n) is 7.85. The first-order valence-corrected chi connectivity index (χ1v) is 14.2. The van der Waals surface area contributed by atoms with Gasteiger partial charge in [0.2, 0.25) is 5.78 Å². The predicted octanol–water partition coefficient (Wildman–Crippen LogP) is 5.54. The molecule has 1 saturated heterocycles. The van der Waals surface area contributed by atoms with Gasteiger partial charge in [-0.1, -0.05) is 18.2 Å². The second-order valence-electron chi connectivity index (χ2n) is 10.6. The summed E-state index contributed by atoms with van der Waals surface area (Å²) in [5.74, 6) is 0.922. The maximum Gasteiger partial charge on any atom is 0.254 e. The number of nitrogen functional groups attached to an aromatic ring is 1. The van der Waals surface area contributed by atoms with E-state index in [1.807, 2.05) is 43.3 Å². The van der Waals surface area contributed by atoms with Crippen LogP contribution >= 0.6 is 0 Å². The molecule has 216 valence electrons. The van der Waals surface area contributed by atoms with Crippen molar-refractivity contribution in [1.82, 2.24) is 14.9 Å². The number of carbonyl (C=O) groups excluding carboxylic acids is 2. The summed E-state index contributed by atoms with van der Waals surface area (Å²) in [6.07, 6.45) is 2.99. The summed E-state index contributed by atoms with van der Waals surface area (Å²) in [7, 11) is 0. The number of ether oxygens (including phenoxy) is 2. The highest BCUT2D eigenvalue weighted by molar-refractivity contribution is 6.13. The summed E-state index contributed by atoms with van der Waals surface area (Å²) in [6.45, 7) is 4.23. The van der Waals surface area contributed by atoms with Crippen LogP contribution in [-0.2, 0) is 17.6 Å². The standard InChI is InChI=1S/C34H31N5O4/c1-21-16-26(43-31-5-3-2-4-24(31)19-35)9-6-22(21)7-11-29-32(36)27(20-37-29)33(40)30-18-25-17-23(8-10-28(25)38-30)34(41)39-12-14-42-15-13-39/h2-6,8-10,16-18,20,37-38H,7,11-15,36H2,1H3. The fourth-order valence-corrected chi connectivity index (χ4v) is 5.40. The van der Waals surface area contributed by atoms with Crippen molar-refractivity contribution < 1.29 is 19.1 Å². The van der Waals surface area contributed by atoms with Crippen molar-refractivity contribution in [2.45, 2.75) is 19.8 Å². The number of morpholine rings is 1. The zero-order chi connectivity index (χ0) is 29.9. The van der Waals surface area contributed by atoms with Crippen molar-refractivity contribution in [2.75, 3.05) is 32.0 Å². The summed E-state index contributed by atoms with van der Waals surface area (Å²) in [5.41, 5.74) is 12.5. The lowest BCUT2D eigenvalue weighted by Crippen LogP contribution is -2.40. The summed E-state index contributed by atoms with van der Waals surface area (Å²) >= 11 is 0. The number of nitrogens with one attached hydrogen (secondary N) is 2. The van der Waals surface area contributed by atoms with Gasteiger partial charge in [0.1, 0.15) is 17.6 Å². The quantitative estimate of drug-likeness (QED) is 0.209. The van der Waals surface area contributed by atoms with Crippen LogP contribution in [0.2, 0.25) is 0 Å². The van der Waals surface area contributed by atoms with Gasteiger partial charge in [0.25, 0.3) is 5.91 Å². The molecule has 1 amide bonds. The molecule has 0 saturated carbocycles. The van der Waals surface area contributed by atoms with Gasteiger partial charge in [-0.2, -0.15) is 5.26 Å². The number of nitriles is 1. The molecule has 0 atom stereocenters. The van der Waals surface area contributed by atoms with Crippen LogP contribution in [0.3, 0.4) is 0 Å². The molecule has 4 N–H and O–H groups in total.